The number of aromatic nitrogens is 2. The van der Waals surface area contributed by atoms with Crippen molar-refractivity contribution in [2.45, 2.75) is 51.1 Å². The van der Waals surface area contributed by atoms with Crippen LogP contribution in [-0.2, 0) is 11.2 Å². The molecule has 2 aromatic carbocycles. The van der Waals surface area contributed by atoms with E-state index in [1.54, 1.807) is 0 Å². The molecule has 0 spiro atoms. The van der Waals surface area contributed by atoms with Gasteiger partial charge in [-0.25, -0.2) is 9.97 Å². The van der Waals surface area contributed by atoms with Crippen LogP contribution in [0.15, 0.2) is 60.7 Å². The number of carbonyl (C=O) groups excluding carboxylic acids is 1. The normalized spacial score (nSPS) is 17.6. The maximum absolute atomic E-state index is 12.6. The fourth-order valence-electron chi connectivity index (χ4n) is 4.21. The molecule has 4 rings (SSSR count). The van der Waals surface area contributed by atoms with E-state index in [-0.39, 0.29) is 11.9 Å². The van der Waals surface area contributed by atoms with Crippen LogP contribution in [0.2, 0.25) is 0 Å². The summed E-state index contributed by atoms with van der Waals surface area (Å²) in [5.74, 6) is 4.15. The van der Waals surface area contributed by atoms with Crippen LogP contribution in [-0.4, -0.2) is 42.1 Å². The minimum Gasteiger partial charge on any atom is -0.457 e. The molecule has 7 heteroatoms. The second kappa shape index (κ2) is 11.0. The van der Waals surface area contributed by atoms with Crippen molar-refractivity contribution in [3.63, 3.8) is 0 Å². The third kappa shape index (κ3) is 6.70. The van der Waals surface area contributed by atoms with E-state index in [4.69, 9.17) is 4.74 Å². The van der Waals surface area contributed by atoms with Gasteiger partial charge in [-0.05, 0) is 62.4 Å². The molecule has 178 valence electrons. The molecule has 7 nitrogen and oxygen atoms in total. The van der Waals surface area contributed by atoms with Crippen LogP contribution in [0.4, 0.5) is 11.6 Å². The molecule has 1 aliphatic rings. The summed E-state index contributed by atoms with van der Waals surface area (Å²) in [5.41, 5.74) is 0.976. The first-order valence-electron chi connectivity index (χ1n) is 11.9. The maximum Gasteiger partial charge on any atom is 0.224 e. The van der Waals surface area contributed by atoms with Crippen molar-refractivity contribution in [3.05, 3.63) is 72.1 Å². The van der Waals surface area contributed by atoms with Gasteiger partial charge in [0.25, 0.3) is 0 Å². The summed E-state index contributed by atoms with van der Waals surface area (Å²) in [6, 6.07) is 19.9. The zero-order valence-electron chi connectivity index (χ0n) is 20.1. The van der Waals surface area contributed by atoms with Gasteiger partial charge in [0.1, 0.15) is 29.0 Å². The Hall–Kier alpha value is -3.61. The molecule has 1 saturated carbocycles. The Kier molecular flexibility index (Phi) is 7.62. The average molecular weight is 460 g/mol. The number of aryl methyl sites for hydroxylation is 1. The highest BCUT2D eigenvalue weighted by atomic mass is 16.5. The molecule has 3 aromatic rings. The Labute approximate surface area is 201 Å². The van der Waals surface area contributed by atoms with Gasteiger partial charge in [0.05, 0.1) is 6.42 Å². The van der Waals surface area contributed by atoms with E-state index in [9.17, 15) is 4.79 Å². The van der Waals surface area contributed by atoms with E-state index in [0.717, 1.165) is 60.2 Å². The number of anilines is 2. The Balaban J connectivity index is 1.22. The monoisotopic (exact) mass is 459 g/mol. The van der Waals surface area contributed by atoms with E-state index < -0.39 is 0 Å². The van der Waals surface area contributed by atoms with Crippen molar-refractivity contribution in [3.8, 4) is 11.5 Å². The minimum absolute atomic E-state index is 0.0650. The van der Waals surface area contributed by atoms with Gasteiger partial charge >= 0.3 is 0 Å². The molecule has 0 unspecified atom stereocenters. The van der Waals surface area contributed by atoms with Gasteiger partial charge < -0.3 is 20.3 Å². The van der Waals surface area contributed by atoms with Crippen molar-refractivity contribution >= 4 is 17.5 Å². The molecule has 34 heavy (non-hydrogen) atoms. The lowest BCUT2D eigenvalue weighted by atomic mass is 9.91. The molecule has 0 atom stereocenters. The van der Waals surface area contributed by atoms with Crippen LogP contribution in [0.1, 0.15) is 37.1 Å². The number of amides is 1. The van der Waals surface area contributed by atoms with Gasteiger partial charge in [-0.3, -0.25) is 4.79 Å². The number of nitrogens with one attached hydrogen (secondary N) is 2. The van der Waals surface area contributed by atoms with Crippen molar-refractivity contribution in [2.24, 2.45) is 0 Å². The van der Waals surface area contributed by atoms with E-state index in [2.05, 4.69) is 20.6 Å². The van der Waals surface area contributed by atoms with E-state index in [1.807, 2.05) is 86.6 Å². The highest BCUT2D eigenvalue weighted by Crippen LogP contribution is 2.24. The molecule has 1 fully saturated rings. The molecule has 1 aliphatic carbocycles. The highest BCUT2D eigenvalue weighted by Gasteiger charge is 2.23. The quantitative estimate of drug-likeness (QED) is 0.507. The third-order valence-electron chi connectivity index (χ3n) is 5.99. The van der Waals surface area contributed by atoms with Crippen molar-refractivity contribution in [2.75, 3.05) is 24.3 Å². The van der Waals surface area contributed by atoms with Gasteiger partial charge in [-0.1, -0.05) is 30.3 Å². The summed E-state index contributed by atoms with van der Waals surface area (Å²) >= 11 is 0. The standard InChI is InChI=1S/C27H33N5O2/c1-19-28-25(18-26(29-19)32(2)3)30-21-11-13-22(14-12-21)31-27(33)17-20-9-15-24(16-10-20)34-23-7-5-4-6-8-23/h4-10,15-16,18,21-22H,11-14,17H2,1-3H3,(H,31,33)(H,28,29,30). The Bertz CT molecular complexity index is 1080. The van der Waals surface area contributed by atoms with Crippen LogP contribution in [0.3, 0.4) is 0 Å². The predicted octanol–water partition coefficient (Wildman–Crippen LogP) is 4.73. The summed E-state index contributed by atoms with van der Waals surface area (Å²) in [5, 5.41) is 6.76. The summed E-state index contributed by atoms with van der Waals surface area (Å²) in [6.07, 6.45) is 4.28. The van der Waals surface area contributed by atoms with Crippen LogP contribution >= 0.6 is 0 Å². The van der Waals surface area contributed by atoms with Gasteiger partial charge in [0, 0.05) is 32.2 Å². The average Bonchev–Trinajstić information content (AvgIpc) is 2.82. The summed E-state index contributed by atoms with van der Waals surface area (Å²) in [4.78, 5) is 23.5. The zero-order chi connectivity index (χ0) is 23.9. The third-order valence-corrected chi connectivity index (χ3v) is 5.99. The molecule has 1 aromatic heterocycles. The van der Waals surface area contributed by atoms with Crippen LogP contribution in [0.5, 0.6) is 11.5 Å². The number of para-hydroxylation sites is 1. The first kappa shape index (κ1) is 23.5. The van der Waals surface area contributed by atoms with Gasteiger partial charge in [-0.2, -0.15) is 0 Å². The van der Waals surface area contributed by atoms with E-state index >= 15 is 0 Å². The number of hydrogen-bond donors (Lipinski definition) is 2. The van der Waals surface area contributed by atoms with Gasteiger partial charge in [0.2, 0.25) is 5.91 Å². The molecule has 1 amide bonds. The first-order valence-corrected chi connectivity index (χ1v) is 11.9. The lowest BCUT2D eigenvalue weighted by Crippen LogP contribution is -2.40. The smallest absolute Gasteiger partial charge is 0.224 e. The van der Waals surface area contributed by atoms with Crippen molar-refractivity contribution < 1.29 is 9.53 Å². The Morgan fingerprint density at radius 1 is 0.941 bits per heavy atom. The van der Waals surface area contributed by atoms with Gasteiger partial charge in [-0.15, -0.1) is 0 Å². The molecule has 0 aliphatic heterocycles. The number of hydrogen-bond acceptors (Lipinski definition) is 6. The minimum atomic E-state index is 0.0650. The second-order valence-corrected chi connectivity index (χ2v) is 9.05. The lowest BCUT2D eigenvalue weighted by Gasteiger charge is -2.30. The van der Waals surface area contributed by atoms with Crippen molar-refractivity contribution in [1.29, 1.82) is 0 Å². The summed E-state index contributed by atoms with van der Waals surface area (Å²) in [7, 11) is 3.96. The Morgan fingerprint density at radius 2 is 1.59 bits per heavy atom. The van der Waals surface area contributed by atoms with Crippen LogP contribution < -0.4 is 20.3 Å². The molecule has 0 saturated heterocycles. The molecule has 0 bridgehead atoms. The SMILES string of the molecule is Cc1nc(NC2CCC(NC(=O)Cc3ccc(Oc4ccccc4)cc3)CC2)cc(N(C)C)n1. The highest BCUT2D eigenvalue weighted by molar-refractivity contribution is 5.78. The topological polar surface area (TPSA) is 79.4 Å². The van der Waals surface area contributed by atoms with E-state index in [0.29, 0.717) is 12.5 Å². The lowest BCUT2D eigenvalue weighted by molar-refractivity contribution is -0.121. The largest absolute Gasteiger partial charge is 0.457 e. The molecule has 1 heterocycles. The zero-order valence-corrected chi connectivity index (χ0v) is 20.1. The molecular formula is C27H33N5O2. The fraction of sp³-hybridized carbons (Fsp3) is 0.370. The number of carbonyl (C=O) groups is 1. The van der Waals surface area contributed by atoms with E-state index in [1.165, 1.54) is 0 Å². The second-order valence-electron chi connectivity index (χ2n) is 9.05. The number of rotatable bonds is 8. The first-order chi connectivity index (χ1) is 16.4. The number of ether oxygens (including phenoxy) is 1. The molecule has 2 N–H and O–H groups in total. The molecular weight excluding hydrogens is 426 g/mol. The summed E-state index contributed by atoms with van der Waals surface area (Å²) < 4.78 is 5.82. The fourth-order valence-corrected chi connectivity index (χ4v) is 4.21. The Morgan fingerprint density at radius 3 is 2.26 bits per heavy atom. The van der Waals surface area contributed by atoms with Crippen LogP contribution in [0, 0.1) is 6.92 Å². The number of benzene rings is 2. The number of nitrogens with zero attached hydrogens (tertiary/aromatic N) is 3. The maximum atomic E-state index is 12.6. The molecule has 0 radical (unpaired) electrons. The van der Waals surface area contributed by atoms with Crippen LogP contribution in [0.25, 0.3) is 0 Å². The van der Waals surface area contributed by atoms with Gasteiger partial charge in [0.15, 0.2) is 0 Å². The van der Waals surface area contributed by atoms with Crippen molar-refractivity contribution in [1.82, 2.24) is 15.3 Å². The predicted molar refractivity (Wildman–Crippen MR) is 136 cm³/mol. The summed E-state index contributed by atoms with van der Waals surface area (Å²) in [6.45, 7) is 1.91.